The zero-order chi connectivity index (χ0) is 15.3. The predicted molar refractivity (Wildman–Crippen MR) is 71.7 cm³/mol. The first kappa shape index (κ1) is 14.8. The molecule has 0 N–H and O–H groups in total. The second kappa shape index (κ2) is 6.23. The van der Waals surface area contributed by atoms with Crippen LogP contribution in [0.3, 0.4) is 0 Å². The molecule has 0 amide bonds. The maximum atomic E-state index is 12.4. The summed E-state index contributed by atoms with van der Waals surface area (Å²) in [4.78, 5) is 0. The zero-order valence-corrected chi connectivity index (χ0v) is 10.9. The third-order valence-corrected chi connectivity index (χ3v) is 2.69. The maximum Gasteiger partial charge on any atom is 0.416 e. The van der Waals surface area contributed by atoms with Crippen LogP contribution < -0.4 is 9.47 Å². The number of benzene rings is 2. The van der Waals surface area contributed by atoms with Gasteiger partial charge >= 0.3 is 6.18 Å². The van der Waals surface area contributed by atoms with Crippen LogP contribution in [0.1, 0.15) is 11.1 Å². The van der Waals surface area contributed by atoms with E-state index in [-0.39, 0.29) is 6.61 Å². The van der Waals surface area contributed by atoms with Gasteiger partial charge in [-0.3, -0.25) is 0 Å². The van der Waals surface area contributed by atoms with E-state index in [1.807, 2.05) is 6.11 Å². The summed E-state index contributed by atoms with van der Waals surface area (Å²) in [7, 11) is 0. The molecule has 2 rings (SSSR count). The summed E-state index contributed by atoms with van der Waals surface area (Å²) >= 11 is 0. The molecular weight excluding hydrogens is 281 g/mol. The fourth-order valence-corrected chi connectivity index (χ4v) is 1.67. The Labute approximate surface area is 120 Å². The maximum absolute atomic E-state index is 12.4. The number of ether oxygens (including phenoxy) is 2. The number of terminal acetylenes is 1. The highest BCUT2D eigenvalue weighted by molar-refractivity contribution is 5.40. The number of hydrogen-bond acceptors (Lipinski definition) is 2. The lowest BCUT2D eigenvalue weighted by molar-refractivity contribution is -0.137. The topological polar surface area (TPSA) is 18.5 Å². The standard InChI is InChI=1S/C16H11F3O2/c1-2-20-14-5-3-4-6-15(14)21-11-12-7-9-13(10-8-12)16(17,18)19/h1,3-10H,11H2. The van der Waals surface area contributed by atoms with Crippen molar-refractivity contribution < 1.29 is 22.6 Å². The average molecular weight is 292 g/mol. The SMILES string of the molecule is C#COc1ccccc1OCc1ccc(C(F)(F)F)cc1. The number of halogens is 3. The molecule has 0 atom stereocenters. The Balaban J connectivity index is 2.05. The molecule has 5 heteroatoms. The molecule has 0 radical (unpaired) electrons. The number of alkyl halides is 3. The van der Waals surface area contributed by atoms with E-state index in [0.29, 0.717) is 17.1 Å². The van der Waals surface area contributed by atoms with Gasteiger partial charge in [-0.1, -0.05) is 30.7 Å². The van der Waals surface area contributed by atoms with Gasteiger partial charge in [0, 0.05) is 0 Å². The minimum Gasteiger partial charge on any atom is -0.485 e. The van der Waals surface area contributed by atoms with Gasteiger partial charge in [-0.25, -0.2) is 0 Å². The van der Waals surface area contributed by atoms with Gasteiger partial charge in [0.1, 0.15) is 12.7 Å². The molecule has 0 bridgehead atoms. The molecular formula is C16H11F3O2. The Morgan fingerprint density at radius 2 is 1.57 bits per heavy atom. The van der Waals surface area contributed by atoms with Crippen molar-refractivity contribution in [2.24, 2.45) is 0 Å². The van der Waals surface area contributed by atoms with Crippen LogP contribution in [-0.4, -0.2) is 0 Å². The van der Waals surface area contributed by atoms with Crippen molar-refractivity contribution in [2.75, 3.05) is 0 Å². The molecule has 0 aliphatic heterocycles. The summed E-state index contributed by atoms with van der Waals surface area (Å²) in [5, 5.41) is 0. The summed E-state index contributed by atoms with van der Waals surface area (Å²) in [6, 6.07) is 11.5. The third-order valence-electron chi connectivity index (χ3n) is 2.69. The van der Waals surface area contributed by atoms with Crippen LogP contribution in [0.25, 0.3) is 0 Å². The molecule has 0 heterocycles. The predicted octanol–water partition coefficient (Wildman–Crippen LogP) is 4.25. The summed E-state index contributed by atoms with van der Waals surface area (Å²) in [5.74, 6) is 0.808. The summed E-state index contributed by atoms with van der Waals surface area (Å²) in [6.07, 6.45) is 2.76. The lowest BCUT2D eigenvalue weighted by Gasteiger charge is -2.10. The van der Waals surface area contributed by atoms with Crippen LogP contribution in [0, 0.1) is 12.5 Å². The van der Waals surface area contributed by atoms with E-state index in [2.05, 4.69) is 0 Å². The van der Waals surface area contributed by atoms with Gasteiger partial charge in [0.2, 0.25) is 0 Å². The molecule has 0 aromatic heterocycles. The van der Waals surface area contributed by atoms with Gasteiger partial charge in [-0.2, -0.15) is 13.2 Å². The Morgan fingerprint density at radius 1 is 0.952 bits per heavy atom. The Kier molecular flexibility index (Phi) is 4.39. The first-order chi connectivity index (χ1) is 10.0. The molecule has 0 fully saturated rings. The minimum absolute atomic E-state index is 0.114. The molecule has 0 unspecified atom stereocenters. The monoisotopic (exact) mass is 292 g/mol. The van der Waals surface area contributed by atoms with Crippen molar-refractivity contribution in [2.45, 2.75) is 12.8 Å². The Hall–Kier alpha value is -2.61. The molecule has 0 spiro atoms. The quantitative estimate of drug-likeness (QED) is 0.784. The highest BCUT2D eigenvalue weighted by Gasteiger charge is 2.29. The second-order valence-electron chi connectivity index (χ2n) is 4.15. The van der Waals surface area contributed by atoms with E-state index in [9.17, 15) is 13.2 Å². The largest absolute Gasteiger partial charge is 0.485 e. The molecule has 0 aliphatic rings. The van der Waals surface area contributed by atoms with E-state index < -0.39 is 11.7 Å². The van der Waals surface area contributed by atoms with Gasteiger partial charge < -0.3 is 9.47 Å². The van der Waals surface area contributed by atoms with Crippen molar-refractivity contribution in [3.63, 3.8) is 0 Å². The molecule has 2 aromatic rings. The lowest BCUT2D eigenvalue weighted by Crippen LogP contribution is -2.05. The fraction of sp³-hybridized carbons (Fsp3) is 0.125. The Bertz CT molecular complexity index is 640. The summed E-state index contributed by atoms with van der Waals surface area (Å²) in [6.45, 7) is 0.114. The summed E-state index contributed by atoms with van der Waals surface area (Å²) < 4.78 is 47.8. The minimum atomic E-state index is -4.34. The number of rotatable bonds is 4. The van der Waals surface area contributed by atoms with Crippen molar-refractivity contribution >= 4 is 0 Å². The molecule has 2 aromatic carbocycles. The van der Waals surface area contributed by atoms with Crippen LogP contribution in [-0.2, 0) is 12.8 Å². The molecule has 21 heavy (non-hydrogen) atoms. The van der Waals surface area contributed by atoms with Gasteiger partial charge in [0.25, 0.3) is 0 Å². The van der Waals surface area contributed by atoms with E-state index >= 15 is 0 Å². The van der Waals surface area contributed by atoms with Crippen molar-refractivity contribution in [1.82, 2.24) is 0 Å². The van der Waals surface area contributed by atoms with E-state index in [4.69, 9.17) is 15.9 Å². The van der Waals surface area contributed by atoms with Gasteiger partial charge in [-0.05, 0) is 29.8 Å². The normalized spacial score (nSPS) is 10.8. The van der Waals surface area contributed by atoms with E-state index in [1.165, 1.54) is 12.1 Å². The summed E-state index contributed by atoms with van der Waals surface area (Å²) in [5.41, 5.74) is -0.0826. The van der Waals surface area contributed by atoms with E-state index in [1.54, 1.807) is 24.3 Å². The number of hydrogen-bond donors (Lipinski definition) is 0. The van der Waals surface area contributed by atoms with Crippen LogP contribution in [0.4, 0.5) is 13.2 Å². The first-order valence-electron chi connectivity index (χ1n) is 6.01. The smallest absolute Gasteiger partial charge is 0.416 e. The fourth-order valence-electron chi connectivity index (χ4n) is 1.67. The molecule has 108 valence electrons. The Morgan fingerprint density at radius 3 is 2.14 bits per heavy atom. The van der Waals surface area contributed by atoms with Gasteiger partial charge in [0.15, 0.2) is 11.5 Å². The number of para-hydroxylation sites is 2. The van der Waals surface area contributed by atoms with Crippen LogP contribution in [0.5, 0.6) is 11.5 Å². The molecule has 0 saturated heterocycles. The highest BCUT2D eigenvalue weighted by atomic mass is 19.4. The molecule has 0 saturated carbocycles. The van der Waals surface area contributed by atoms with Gasteiger partial charge in [-0.15, -0.1) is 0 Å². The van der Waals surface area contributed by atoms with E-state index in [0.717, 1.165) is 12.1 Å². The highest BCUT2D eigenvalue weighted by Crippen LogP contribution is 2.30. The van der Waals surface area contributed by atoms with Crippen molar-refractivity contribution in [1.29, 1.82) is 0 Å². The van der Waals surface area contributed by atoms with Crippen molar-refractivity contribution in [3.05, 3.63) is 59.7 Å². The lowest BCUT2D eigenvalue weighted by atomic mass is 10.1. The van der Waals surface area contributed by atoms with Gasteiger partial charge in [0.05, 0.1) is 5.56 Å². The van der Waals surface area contributed by atoms with Crippen molar-refractivity contribution in [3.8, 4) is 24.0 Å². The second-order valence-corrected chi connectivity index (χ2v) is 4.15. The van der Waals surface area contributed by atoms with Crippen LogP contribution in [0.2, 0.25) is 0 Å². The first-order valence-corrected chi connectivity index (χ1v) is 6.01. The van der Waals surface area contributed by atoms with Crippen LogP contribution >= 0.6 is 0 Å². The third kappa shape index (κ3) is 3.93. The average Bonchev–Trinajstić information content (AvgIpc) is 2.46. The molecule has 0 aliphatic carbocycles. The molecule has 2 nitrogen and oxygen atoms in total. The zero-order valence-electron chi connectivity index (χ0n) is 10.9. The van der Waals surface area contributed by atoms with Crippen LogP contribution in [0.15, 0.2) is 48.5 Å².